The predicted molar refractivity (Wildman–Crippen MR) is 59.9 cm³/mol. The van der Waals surface area contributed by atoms with E-state index in [4.69, 9.17) is 4.74 Å². The number of esters is 1. The summed E-state index contributed by atoms with van der Waals surface area (Å²) in [6.07, 6.45) is 0.744. The summed E-state index contributed by atoms with van der Waals surface area (Å²) >= 11 is 0. The molecule has 0 aliphatic rings. The highest BCUT2D eigenvalue weighted by molar-refractivity contribution is 5.89. The first-order valence-electron chi connectivity index (χ1n) is 5.25. The lowest BCUT2D eigenvalue weighted by Crippen LogP contribution is -2.30. The minimum absolute atomic E-state index is 0.264. The predicted octanol–water partition coefficient (Wildman–Crippen LogP) is 0.648. The Bertz CT molecular complexity index is 250. The van der Waals surface area contributed by atoms with Crippen LogP contribution < -0.4 is 5.32 Å². The van der Waals surface area contributed by atoms with Crippen molar-refractivity contribution in [3.05, 3.63) is 12.2 Å². The van der Waals surface area contributed by atoms with Crippen molar-refractivity contribution >= 4 is 11.9 Å². The smallest absolute Gasteiger partial charge is 0.333 e. The van der Waals surface area contributed by atoms with Crippen molar-refractivity contribution < 1.29 is 19.1 Å². The minimum Gasteiger partial charge on any atom is -0.452 e. The molecule has 0 aromatic carbocycles. The minimum atomic E-state index is -0.551. The van der Waals surface area contributed by atoms with E-state index in [1.165, 1.54) is 6.92 Å². The number of rotatable bonds is 8. The summed E-state index contributed by atoms with van der Waals surface area (Å²) < 4.78 is 9.76. The number of hydrogen-bond acceptors (Lipinski definition) is 4. The summed E-state index contributed by atoms with van der Waals surface area (Å²) in [6.45, 7) is 8.39. The van der Waals surface area contributed by atoms with Gasteiger partial charge in [0.2, 0.25) is 0 Å². The molecule has 0 aliphatic carbocycles. The molecule has 0 saturated carbocycles. The quantitative estimate of drug-likeness (QED) is 0.377. The highest BCUT2D eigenvalue weighted by Crippen LogP contribution is 1.91. The summed E-state index contributed by atoms with van der Waals surface area (Å²) in [5.74, 6) is -0.865. The molecule has 0 atom stereocenters. The normalized spacial score (nSPS) is 9.62. The molecule has 0 bridgehead atoms. The first-order valence-corrected chi connectivity index (χ1v) is 5.25. The van der Waals surface area contributed by atoms with Crippen molar-refractivity contribution in [2.75, 3.05) is 26.4 Å². The second kappa shape index (κ2) is 8.91. The third kappa shape index (κ3) is 7.99. The molecule has 0 heterocycles. The van der Waals surface area contributed by atoms with E-state index in [0.29, 0.717) is 19.8 Å². The Labute approximate surface area is 95.8 Å². The second-order valence-electron chi connectivity index (χ2n) is 3.26. The van der Waals surface area contributed by atoms with Gasteiger partial charge in [-0.2, -0.15) is 0 Å². The number of nitrogens with one attached hydrogen (secondary N) is 1. The van der Waals surface area contributed by atoms with Crippen molar-refractivity contribution in [3.8, 4) is 0 Å². The molecule has 0 spiro atoms. The zero-order chi connectivity index (χ0) is 12.4. The van der Waals surface area contributed by atoms with Crippen LogP contribution in [0.2, 0.25) is 0 Å². The molecule has 0 aromatic rings. The lowest BCUT2D eigenvalue weighted by Gasteiger charge is -2.06. The van der Waals surface area contributed by atoms with Crippen LogP contribution in [0.4, 0.5) is 0 Å². The van der Waals surface area contributed by atoms with Gasteiger partial charge in [0.05, 0.1) is 0 Å². The van der Waals surface area contributed by atoms with Crippen LogP contribution in [0.5, 0.6) is 0 Å². The first kappa shape index (κ1) is 14.6. The van der Waals surface area contributed by atoms with E-state index in [9.17, 15) is 9.59 Å². The molecule has 5 heteroatoms. The Morgan fingerprint density at radius 2 is 2.06 bits per heavy atom. The number of amides is 1. The molecule has 16 heavy (non-hydrogen) atoms. The fourth-order valence-corrected chi connectivity index (χ4v) is 0.852. The largest absolute Gasteiger partial charge is 0.452 e. The van der Waals surface area contributed by atoms with Gasteiger partial charge in [-0.25, -0.2) is 4.79 Å². The van der Waals surface area contributed by atoms with Crippen molar-refractivity contribution in [1.29, 1.82) is 0 Å². The van der Waals surface area contributed by atoms with E-state index in [0.717, 1.165) is 6.42 Å². The van der Waals surface area contributed by atoms with Crippen LogP contribution in [-0.2, 0) is 19.1 Å². The van der Waals surface area contributed by atoms with E-state index in [2.05, 4.69) is 16.6 Å². The van der Waals surface area contributed by atoms with Gasteiger partial charge >= 0.3 is 5.97 Å². The molecule has 1 amide bonds. The van der Waals surface area contributed by atoms with E-state index >= 15 is 0 Å². The van der Waals surface area contributed by atoms with Gasteiger partial charge in [-0.3, -0.25) is 4.79 Å². The highest BCUT2D eigenvalue weighted by atomic mass is 16.5. The zero-order valence-corrected chi connectivity index (χ0v) is 9.88. The van der Waals surface area contributed by atoms with Gasteiger partial charge in [0.1, 0.15) is 0 Å². The zero-order valence-electron chi connectivity index (χ0n) is 9.88. The molecular weight excluding hydrogens is 210 g/mol. The third-order valence-corrected chi connectivity index (χ3v) is 1.67. The van der Waals surface area contributed by atoms with E-state index < -0.39 is 5.97 Å². The standard InChI is InChI=1S/C11H19NO4/c1-4-15-7-5-6-12-10(13)8-16-11(14)9(2)3/h2,4-8H2,1,3H3,(H,12,13). The van der Waals surface area contributed by atoms with Gasteiger partial charge < -0.3 is 14.8 Å². The van der Waals surface area contributed by atoms with Crippen LogP contribution >= 0.6 is 0 Å². The van der Waals surface area contributed by atoms with Gasteiger partial charge in [-0.15, -0.1) is 0 Å². The average Bonchev–Trinajstić information content (AvgIpc) is 2.25. The molecule has 0 radical (unpaired) electrons. The van der Waals surface area contributed by atoms with E-state index in [1.807, 2.05) is 6.92 Å². The second-order valence-corrected chi connectivity index (χ2v) is 3.26. The monoisotopic (exact) mass is 229 g/mol. The Kier molecular flexibility index (Phi) is 8.15. The molecule has 0 fully saturated rings. The molecule has 0 aromatic heterocycles. The SMILES string of the molecule is C=C(C)C(=O)OCC(=O)NCCCOCC. The Balaban J connectivity index is 3.45. The van der Waals surface area contributed by atoms with Gasteiger partial charge in [0, 0.05) is 25.3 Å². The Morgan fingerprint density at radius 3 is 2.62 bits per heavy atom. The summed E-state index contributed by atoms with van der Waals surface area (Å²) in [7, 11) is 0. The van der Waals surface area contributed by atoms with Crippen molar-refractivity contribution in [2.24, 2.45) is 0 Å². The van der Waals surface area contributed by atoms with Gasteiger partial charge in [0.15, 0.2) is 6.61 Å². The summed E-state index contributed by atoms with van der Waals surface area (Å²) in [5.41, 5.74) is 0.282. The molecule has 5 nitrogen and oxygen atoms in total. The number of carbonyl (C=O) groups is 2. The maximum absolute atomic E-state index is 11.1. The summed E-state index contributed by atoms with van der Waals surface area (Å²) in [5, 5.41) is 2.61. The molecule has 0 aliphatic heterocycles. The van der Waals surface area contributed by atoms with Crippen LogP contribution in [0.15, 0.2) is 12.2 Å². The highest BCUT2D eigenvalue weighted by Gasteiger charge is 2.06. The molecular formula is C11H19NO4. The van der Waals surface area contributed by atoms with Crippen LogP contribution in [-0.4, -0.2) is 38.2 Å². The maximum Gasteiger partial charge on any atom is 0.333 e. The first-order chi connectivity index (χ1) is 7.57. The Hall–Kier alpha value is -1.36. The number of hydrogen-bond donors (Lipinski definition) is 1. The van der Waals surface area contributed by atoms with Gasteiger partial charge in [-0.05, 0) is 20.3 Å². The fourth-order valence-electron chi connectivity index (χ4n) is 0.852. The molecule has 0 saturated heterocycles. The molecule has 1 N–H and O–H groups in total. The molecule has 0 rings (SSSR count). The van der Waals surface area contributed by atoms with Crippen LogP contribution in [0.25, 0.3) is 0 Å². The van der Waals surface area contributed by atoms with Crippen molar-refractivity contribution in [2.45, 2.75) is 20.3 Å². The van der Waals surface area contributed by atoms with Gasteiger partial charge in [0.25, 0.3) is 5.91 Å². The van der Waals surface area contributed by atoms with Crippen molar-refractivity contribution in [3.63, 3.8) is 0 Å². The average molecular weight is 229 g/mol. The summed E-state index contributed by atoms with van der Waals surface area (Å²) in [6, 6.07) is 0. The van der Waals surface area contributed by atoms with Crippen molar-refractivity contribution in [1.82, 2.24) is 5.32 Å². The molecule has 0 unspecified atom stereocenters. The topological polar surface area (TPSA) is 64.6 Å². The summed E-state index contributed by atoms with van der Waals surface area (Å²) in [4.78, 5) is 22.1. The third-order valence-electron chi connectivity index (χ3n) is 1.67. The molecule has 92 valence electrons. The van der Waals surface area contributed by atoms with Crippen LogP contribution in [0.1, 0.15) is 20.3 Å². The maximum atomic E-state index is 11.1. The van der Waals surface area contributed by atoms with Gasteiger partial charge in [-0.1, -0.05) is 6.58 Å². The Morgan fingerprint density at radius 1 is 1.38 bits per heavy atom. The fraction of sp³-hybridized carbons (Fsp3) is 0.636. The van der Waals surface area contributed by atoms with Crippen LogP contribution in [0.3, 0.4) is 0 Å². The van der Waals surface area contributed by atoms with Crippen LogP contribution in [0, 0.1) is 0 Å². The lowest BCUT2D eigenvalue weighted by atomic mass is 10.4. The van der Waals surface area contributed by atoms with E-state index in [1.54, 1.807) is 0 Å². The van der Waals surface area contributed by atoms with E-state index in [-0.39, 0.29) is 18.1 Å². The lowest BCUT2D eigenvalue weighted by molar-refractivity contribution is -0.144. The number of ether oxygens (including phenoxy) is 2. The number of carbonyl (C=O) groups excluding carboxylic acids is 2.